The maximum atomic E-state index is 13.1. The molecule has 0 bridgehead atoms. The fourth-order valence-corrected chi connectivity index (χ4v) is 4.56. The van der Waals surface area contributed by atoms with Crippen LogP contribution in [0, 0.1) is 18.7 Å². The second-order valence-electron chi connectivity index (χ2n) is 7.38. The zero-order valence-corrected chi connectivity index (χ0v) is 17.5. The molecular weight excluding hydrogens is 399 g/mol. The van der Waals surface area contributed by atoms with E-state index in [1.54, 1.807) is 36.3 Å². The van der Waals surface area contributed by atoms with Crippen molar-refractivity contribution >= 4 is 29.2 Å². The van der Waals surface area contributed by atoms with Gasteiger partial charge in [0.25, 0.3) is 0 Å². The minimum Gasteiger partial charge on any atom is -0.354 e. The second kappa shape index (κ2) is 9.26. The smallest absolute Gasteiger partial charge is 0.229 e. The van der Waals surface area contributed by atoms with Gasteiger partial charge in [0.1, 0.15) is 10.8 Å². The molecule has 154 valence electrons. The van der Waals surface area contributed by atoms with Crippen molar-refractivity contribution in [1.29, 1.82) is 0 Å². The first-order valence-corrected chi connectivity index (χ1v) is 10.8. The molecule has 4 rings (SSSR count). The second-order valence-corrected chi connectivity index (χ2v) is 8.45. The van der Waals surface area contributed by atoms with Crippen LogP contribution in [0.4, 0.5) is 15.9 Å². The van der Waals surface area contributed by atoms with Crippen molar-refractivity contribution in [3.63, 3.8) is 0 Å². The number of amides is 1. The number of hydrogen-bond donors (Lipinski definition) is 1. The minimum atomic E-state index is -0.321. The van der Waals surface area contributed by atoms with Crippen LogP contribution in [0.1, 0.15) is 18.4 Å². The monoisotopic (exact) mass is 422 g/mol. The van der Waals surface area contributed by atoms with E-state index in [4.69, 9.17) is 0 Å². The Morgan fingerprint density at radius 1 is 1.17 bits per heavy atom. The molecule has 7 heteroatoms. The summed E-state index contributed by atoms with van der Waals surface area (Å²) in [7, 11) is 0. The van der Waals surface area contributed by atoms with Gasteiger partial charge in [-0.1, -0.05) is 29.5 Å². The summed E-state index contributed by atoms with van der Waals surface area (Å²) < 4.78 is 13.1. The lowest BCUT2D eigenvalue weighted by molar-refractivity contribution is -0.120. The third kappa shape index (κ3) is 4.97. The lowest BCUT2D eigenvalue weighted by atomic mass is 9.97. The van der Waals surface area contributed by atoms with Crippen LogP contribution in [0.25, 0.3) is 0 Å². The van der Waals surface area contributed by atoms with Gasteiger partial charge in [0.15, 0.2) is 5.82 Å². The average Bonchev–Trinajstić information content (AvgIpc) is 2.76. The van der Waals surface area contributed by atoms with Crippen molar-refractivity contribution in [3.05, 3.63) is 72.3 Å². The van der Waals surface area contributed by atoms with Gasteiger partial charge in [-0.25, -0.2) is 14.4 Å². The highest BCUT2D eigenvalue weighted by atomic mass is 32.2. The Morgan fingerprint density at radius 2 is 1.97 bits per heavy atom. The molecule has 0 radical (unpaired) electrons. The molecule has 2 heterocycles. The minimum absolute atomic E-state index is 0.0527. The van der Waals surface area contributed by atoms with Crippen molar-refractivity contribution in [2.75, 3.05) is 23.3 Å². The number of nitrogens with zero attached hydrogens (tertiary/aromatic N) is 3. The Kier molecular flexibility index (Phi) is 6.28. The van der Waals surface area contributed by atoms with Crippen LogP contribution in [0.3, 0.4) is 0 Å². The summed E-state index contributed by atoms with van der Waals surface area (Å²) in [6.07, 6.45) is 5.10. The van der Waals surface area contributed by atoms with Crippen LogP contribution >= 0.6 is 11.8 Å². The summed E-state index contributed by atoms with van der Waals surface area (Å²) in [4.78, 5) is 25.1. The number of halogens is 1. The number of carbonyl (C=O) groups is 1. The number of aryl methyl sites for hydroxylation is 1. The van der Waals surface area contributed by atoms with E-state index in [0.29, 0.717) is 12.2 Å². The molecule has 1 amide bonds. The Morgan fingerprint density at radius 3 is 2.77 bits per heavy atom. The summed E-state index contributed by atoms with van der Waals surface area (Å²) in [6.45, 7) is 3.48. The number of nitrogens with one attached hydrogen (secondary N) is 1. The van der Waals surface area contributed by atoms with E-state index >= 15 is 0 Å². The van der Waals surface area contributed by atoms with Crippen molar-refractivity contribution < 1.29 is 9.18 Å². The van der Waals surface area contributed by atoms with E-state index in [-0.39, 0.29) is 17.6 Å². The molecule has 0 saturated carbocycles. The van der Waals surface area contributed by atoms with Gasteiger partial charge in [-0.05, 0) is 56.2 Å². The maximum Gasteiger partial charge on any atom is 0.229 e. The highest BCUT2D eigenvalue weighted by Gasteiger charge is 2.28. The van der Waals surface area contributed by atoms with Crippen LogP contribution in [0.15, 0.2) is 70.8 Å². The zero-order chi connectivity index (χ0) is 20.9. The highest BCUT2D eigenvalue weighted by Crippen LogP contribution is 2.34. The van der Waals surface area contributed by atoms with E-state index in [2.05, 4.69) is 45.3 Å². The third-order valence-electron chi connectivity index (χ3n) is 5.05. The summed E-state index contributed by atoms with van der Waals surface area (Å²) in [5.41, 5.74) is 1.80. The van der Waals surface area contributed by atoms with Crippen molar-refractivity contribution in [1.82, 2.24) is 9.97 Å². The number of piperidine rings is 1. The average molecular weight is 423 g/mol. The predicted molar refractivity (Wildman–Crippen MR) is 117 cm³/mol. The van der Waals surface area contributed by atoms with Crippen molar-refractivity contribution in [2.45, 2.75) is 29.7 Å². The summed E-state index contributed by atoms with van der Waals surface area (Å²) in [5, 5.41) is 3.73. The van der Waals surface area contributed by atoms with E-state index in [1.165, 1.54) is 17.7 Å². The van der Waals surface area contributed by atoms with E-state index in [9.17, 15) is 9.18 Å². The van der Waals surface area contributed by atoms with Gasteiger partial charge >= 0.3 is 0 Å². The third-order valence-corrected chi connectivity index (χ3v) is 6.03. The first kappa shape index (κ1) is 20.3. The fourth-order valence-electron chi connectivity index (χ4n) is 3.56. The maximum absolute atomic E-state index is 13.1. The molecule has 1 atom stereocenters. The Balaban J connectivity index is 1.48. The summed E-state index contributed by atoms with van der Waals surface area (Å²) in [6, 6.07) is 14.1. The van der Waals surface area contributed by atoms with Gasteiger partial charge in [-0.2, -0.15) is 0 Å². The van der Waals surface area contributed by atoms with E-state index in [1.807, 2.05) is 6.07 Å². The molecule has 3 aromatic rings. The zero-order valence-electron chi connectivity index (χ0n) is 16.7. The quantitative estimate of drug-likeness (QED) is 0.632. The Bertz CT molecular complexity index is 1030. The number of hydrogen-bond acceptors (Lipinski definition) is 5. The molecule has 0 aliphatic carbocycles. The topological polar surface area (TPSA) is 58.1 Å². The number of rotatable bonds is 5. The van der Waals surface area contributed by atoms with Crippen LogP contribution in [-0.2, 0) is 4.79 Å². The number of benzene rings is 2. The van der Waals surface area contributed by atoms with Crippen LogP contribution in [0.2, 0.25) is 0 Å². The van der Waals surface area contributed by atoms with Gasteiger partial charge < -0.3 is 10.2 Å². The summed E-state index contributed by atoms with van der Waals surface area (Å²) in [5.74, 6) is 0.270. The molecule has 1 aliphatic heterocycles. The van der Waals surface area contributed by atoms with E-state index < -0.39 is 0 Å². The highest BCUT2D eigenvalue weighted by molar-refractivity contribution is 7.99. The number of carbonyl (C=O) groups excluding carboxylic acids is 1. The van der Waals surface area contributed by atoms with E-state index in [0.717, 1.165) is 35.1 Å². The van der Waals surface area contributed by atoms with Gasteiger partial charge in [-0.15, -0.1) is 0 Å². The molecular formula is C23H23FN4OS. The van der Waals surface area contributed by atoms with Crippen molar-refractivity contribution in [2.24, 2.45) is 5.92 Å². The SMILES string of the molecule is Cc1cccc(Sc2nccnc2N2CCC[C@@H](C(=O)Nc3ccc(F)cc3)C2)c1. The van der Waals surface area contributed by atoms with Gasteiger partial charge in [0, 0.05) is 36.1 Å². The molecule has 1 N–H and O–H groups in total. The van der Waals surface area contributed by atoms with Crippen LogP contribution < -0.4 is 10.2 Å². The lowest BCUT2D eigenvalue weighted by Crippen LogP contribution is -2.41. The number of anilines is 2. The van der Waals surface area contributed by atoms with Gasteiger partial charge in [-0.3, -0.25) is 4.79 Å². The lowest BCUT2D eigenvalue weighted by Gasteiger charge is -2.33. The standard InChI is InChI=1S/C23H23FN4OS/c1-16-4-2-6-20(14-16)30-23-21(25-11-12-26-23)28-13-3-5-17(15-28)22(29)27-19-9-7-18(24)8-10-19/h2,4,6-12,14,17H,3,5,13,15H2,1H3,(H,27,29)/t17-/m1/s1. The molecule has 1 fully saturated rings. The molecule has 0 unspecified atom stereocenters. The molecule has 2 aromatic carbocycles. The van der Waals surface area contributed by atoms with Crippen molar-refractivity contribution in [3.8, 4) is 0 Å². The molecule has 1 saturated heterocycles. The molecule has 0 spiro atoms. The normalized spacial score (nSPS) is 16.3. The van der Waals surface area contributed by atoms with Crippen LogP contribution in [0.5, 0.6) is 0 Å². The first-order valence-electron chi connectivity index (χ1n) is 9.95. The van der Waals surface area contributed by atoms with Gasteiger partial charge in [0.2, 0.25) is 5.91 Å². The van der Waals surface area contributed by atoms with Gasteiger partial charge in [0.05, 0.1) is 5.92 Å². The molecule has 5 nitrogen and oxygen atoms in total. The Hall–Kier alpha value is -2.93. The number of aromatic nitrogens is 2. The summed E-state index contributed by atoms with van der Waals surface area (Å²) >= 11 is 1.58. The molecule has 1 aromatic heterocycles. The molecule has 30 heavy (non-hydrogen) atoms. The van der Waals surface area contributed by atoms with Crippen LogP contribution in [-0.4, -0.2) is 29.0 Å². The molecule has 1 aliphatic rings. The predicted octanol–water partition coefficient (Wildman–Crippen LogP) is 4.93. The Labute approximate surface area is 179 Å². The largest absolute Gasteiger partial charge is 0.354 e. The first-order chi connectivity index (χ1) is 14.6. The fraction of sp³-hybridized carbons (Fsp3) is 0.261.